The van der Waals surface area contributed by atoms with Gasteiger partial charge in [0.1, 0.15) is 11.6 Å². The van der Waals surface area contributed by atoms with Crippen molar-refractivity contribution < 1.29 is 13.6 Å². The second kappa shape index (κ2) is 6.71. The van der Waals surface area contributed by atoms with Crippen molar-refractivity contribution in [3.8, 4) is 0 Å². The van der Waals surface area contributed by atoms with Crippen molar-refractivity contribution in [1.29, 1.82) is 0 Å². The van der Waals surface area contributed by atoms with Gasteiger partial charge in [-0.05, 0) is 56.2 Å². The Kier molecular flexibility index (Phi) is 4.66. The molecule has 1 heterocycles. The fourth-order valence-corrected chi connectivity index (χ4v) is 2.97. The Hall–Kier alpha value is -1.88. The Morgan fingerprint density at radius 2 is 2.22 bits per heavy atom. The SMILES string of the molecule is CC(c1ccco1)N(C(=O)C=Cc1cc(Br)ccc1F)C1CC1. The molecule has 1 amide bonds. The van der Waals surface area contributed by atoms with Gasteiger partial charge in [0.25, 0.3) is 0 Å². The normalized spacial score (nSPS) is 15.8. The Morgan fingerprint density at radius 1 is 1.43 bits per heavy atom. The fraction of sp³-hybridized carbons (Fsp3) is 0.278. The van der Waals surface area contributed by atoms with E-state index in [1.54, 1.807) is 18.4 Å². The van der Waals surface area contributed by atoms with Gasteiger partial charge in [0.2, 0.25) is 5.91 Å². The number of carbonyl (C=O) groups is 1. The number of amides is 1. The Morgan fingerprint density at radius 3 is 2.87 bits per heavy atom. The average molecular weight is 378 g/mol. The van der Waals surface area contributed by atoms with Crippen LogP contribution in [-0.2, 0) is 4.79 Å². The van der Waals surface area contributed by atoms with Gasteiger partial charge >= 0.3 is 0 Å². The lowest BCUT2D eigenvalue weighted by Gasteiger charge is -2.26. The summed E-state index contributed by atoms with van der Waals surface area (Å²) >= 11 is 3.31. The molecule has 1 aliphatic carbocycles. The van der Waals surface area contributed by atoms with Gasteiger partial charge in [-0.15, -0.1) is 0 Å². The first-order valence-electron chi connectivity index (χ1n) is 7.55. The molecule has 5 heteroatoms. The van der Waals surface area contributed by atoms with E-state index in [4.69, 9.17) is 4.42 Å². The molecule has 1 aromatic heterocycles. The number of hydrogen-bond donors (Lipinski definition) is 0. The molecule has 0 bridgehead atoms. The van der Waals surface area contributed by atoms with Crippen LogP contribution in [0.4, 0.5) is 4.39 Å². The Balaban J connectivity index is 1.79. The summed E-state index contributed by atoms with van der Waals surface area (Å²) in [5.41, 5.74) is 0.383. The van der Waals surface area contributed by atoms with Gasteiger partial charge in [-0.25, -0.2) is 4.39 Å². The molecule has 1 atom stereocenters. The van der Waals surface area contributed by atoms with Gasteiger partial charge in [0, 0.05) is 22.2 Å². The van der Waals surface area contributed by atoms with Crippen LogP contribution in [0.3, 0.4) is 0 Å². The highest BCUT2D eigenvalue weighted by Gasteiger charge is 2.36. The number of hydrogen-bond acceptors (Lipinski definition) is 2. The number of carbonyl (C=O) groups excluding carboxylic acids is 1. The molecule has 1 aliphatic rings. The summed E-state index contributed by atoms with van der Waals surface area (Å²) in [5, 5.41) is 0. The smallest absolute Gasteiger partial charge is 0.247 e. The summed E-state index contributed by atoms with van der Waals surface area (Å²) in [6.45, 7) is 1.95. The minimum Gasteiger partial charge on any atom is -0.467 e. The minimum absolute atomic E-state index is 0.129. The van der Waals surface area contributed by atoms with E-state index in [1.165, 1.54) is 18.2 Å². The Bertz CT molecular complexity index is 723. The van der Waals surface area contributed by atoms with Crippen molar-refractivity contribution in [2.75, 3.05) is 0 Å². The van der Waals surface area contributed by atoms with Crippen molar-refractivity contribution in [1.82, 2.24) is 4.90 Å². The maximum Gasteiger partial charge on any atom is 0.247 e. The molecule has 1 saturated carbocycles. The summed E-state index contributed by atoms with van der Waals surface area (Å²) < 4.78 is 20.0. The van der Waals surface area contributed by atoms with Crippen LogP contribution in [-0.4, -0.2) is 16.8 Å². The second-order valence-corrected chi connectivity index (χ2v) is 6.58. The highest BCUT2D eigenvalue weighted by atomic mass is 79.9. The van der Waals surface area contributed by atoms with Crippen LogP contribution in [0.25, 0.3) is 6.08 Å². The summed E-state index contributed by atoms with van der Waals surface area (Å²) in [7, 11) is 0. The number of nitrogens with zero attached hydrogens (tertiary/aromatic N) is 1. The van der Waals surface area contributed by atoms with E-state index >= 15 is 0 Å². The quantitative estimate of drug-likeness (QED) is 0.690. The number of furan rings is 1. The van der Waals surface area contributed by atoms with E-state index in [0.717, 1.165) is 23.1 Å². The topological polar surface area (TPSA) is 33.5 Å². The lowest BCUT2D eigenvalue weighted by Crippen LogP contribution is -2.34. The predicted octanol–water partition coefficient (Wildman–Crippen LogP) is 4.95. The second-order valence-electron chi connectivity index (χ2n) is 5.67. The largest absolute Gasteiger partial charge is 0.467 e. The van der Waals surface area contributed by atoms with Crippen molar-refractivity contribution in [3.63, 3.8) is 0 Å². The van der Waals surface area contributed by atoms with E-state index in [0.29, 0.717) is 5.56 Å². The molecule has 1 aromatic carbocycles. The van der Waals surface area contributed by atoms with E-state index in [2.05, 4.69) is 15.9 Å². The minimum atomic E-state index is -0.352. The molecule has 1 unspecified atom stereocenters. The van der Waals surface area contributed by atoms with E-state index in [1.807, 2.05) is 24.0 Å². The highest BCUT2D eigenvalue weighted by molar-refractivity contribution is 9.10. The van der Waals surface area contributed by atoms with Crippen LogP contribution < -0.4 is 0 Å². The maximum atomic E-state index is 13.8. The fourth-order valence-electron chi connectivity index (χ4n) is 2.60. The zero-order chi connectivity index (χ0) is 16.4. The molecular formula is C18H17BrFNO2. The number of halogens is 2. The van der Waals surface area contributed by atoms with Crippen LogP contribution in [0.2, 0.25) is 0 Å². The standard InChI is InChI=1S/C18H17BrFNO2/c1-12(17-3-2-10-23-17)21(15-6-7-15)18(22)9-4-13-11-14(19)5-8-16(13)20/h2-5,8-12,15H,6-7H2,1H3. The molecule has 0 spiro atoms. The molecular weight excluding hydrogens is 361 g/mol. The third kappa shape index (κ3) is 3.72. The zero-order valence-electron chi connectivity index (χ0n) is 12.7. The van der Waals surface area contributed by atoms with E-state index in [9.17, 15) is 9.18 Å². The highest BCUT2D eigenvalue weighted by Crippen LogP contribution is 2.34. The van der Waals surface area contributed by atoms with Crippen molar-refractivity contribution in [3.05, 3.63) is 64.3 Å². The Labute approximate surface area is 142 Å². The molecule has 1 fully saturated rings. The number of benzene rings is 1. The maximum absolute atomic E-state index is 13.8. The summed E-state index contributed by atoms with van der Waals surface area (Å²) in [6.07, 6.45) is 6.55. The van der Waals surface area contributed by atoms with Crippen molar-refractivity contribution in [2.45, 2.75) is 31.8 Å². The molecule has 3 rings (SSSR count). The molecule has 0 aliphatic heterocycles. The first-order chi connectivity index (χ1) is 11.1. The van der Waals surface area contributed by atoms with Gasteiger partial charge in [-0.1, -0.05) is 15.9 Å². The van der Waals surface area contributed by atoms with Gasteiger partial charge < -0.3 is 9.32 Å². The molecule has 2 aromatic rings. The third-order valence-corrected chi connectivity index (χ3v) is 4.42. The first kappa shape index (κ1) is 16.0. The van der Waals surface area contributed by atoms with Crippen LogP contribution >= 0.6 is 15.9 Å². The van der Waals surface area contributed by atoms with Crippen LogP contribution in [0.5, 0.6) is 0 Å². The van der Waals surface area contributed by atoms with Gasteiger partial charge in [0.05, 0.1) is 12.3 Å². The molecule has 0 radical (unpaired) electrons. The summed E-state index contributed by atoms with van der Waals surface area (Å²) in [4.78, 5) is 14.4. The van der Waals surface area contributed by atoms with Gasteiger partial charge in [0.15, 0.2) is 0 Å². The summed E-state index contributed by atoms with van der Waals surface area (Å²) in [6, 6.07) is 8.43. The molecule has 0 saturated heterocycles. The van der Waals surface area contributed by atoms with Gasteiger partial charge in [-0.3, -0.25) is 4.79 Å². The zero-order valence-corrected chi connectivity index (χ0v) is 14.3. The van der Waals surface area contributed by atoms with E-state index < -0.39 is 0 Å². The van der Waals surface area contributed by atoms with Crippen LogP contribution in [0, 0.1) is 5.82 Å². The van der Waals surface area contributed by atoms with Crippen molar-refractivity contribution in [2.24, 2.45) is 0 Å². The van der Waals surface area contributed by atoms with Crippen molar-refractivity contribution >= 4 is 27.9 Å². The van der Waals surface area contributed by atoms with E-state index in [-0.39, 0.29) is 23.8 Å². The monoisotopic (exact) mass is 377 g/mol. The lowest BCUT2D eigenvalue weighted by atomic mass is 10.1. The van der Waals surface area contributed by atoms with Gasteiger partial charge in [-0.2, -0.15) is 0 Å². The average Bonchev–Trinajstić information content (AvgIpc) is 3.20. The molecule has 23 heavy (non-hydrogen) atoms. The number of rotatable bonds is 5. The first-order valence-corrected chi connectivity index (χ1v) is 8.34. The third-order valence-electron chi connectivity index (χ3n) is 3.93. The predicted molar refractivity (Wildman–Crippen MR) is 90.1 cm³/mol. The van der Waals surface area contributed by atoms with Crippen LogP contribution in [0.15, 0.2) is 51.6 Å². The lowest BCUT2D eigenvalue weighted by molar-refractivity contribution is -0.129. The van der Waals surface area contributed by atoms with Crippen LogP contribution in [0.1, 0.15) is 37.1 Å². The molecule has 3 nitrogen and oxygen atoms in total. The molecule has 0 N–H and O–H groups in total. The summed E-state index contributed by atoms with van der Waals surface area (Å²) in [5.74, 6) is 0.275. The molecule has 120 valence electrons.